The highest BCUT2D eigenvalue weighted by atomic mass is 32.2. The van der Waals surface area contributed by atoms with Gasteiger partial charge in [0, 0.05) is 11.8 Å². The summed E-state index contributed by atoms with van der Waals surface area (Å²) in [4.78, 5) is 11.6. The molecule has 1 aromatic carbocycles. The number of benzene rings is 1. The van der Waals surface area contributed by atoms with Gasteiger partial charge in [-0.15, -0.1) is 0 Å². The highest BCUT2D eigenvalue weighted by molar-refractivity contribution is 7.80. The summed E-state index contributed by atoms with van der Waals surface area (Å²) >= 11 is -2.13. The summed E-state index contributed by atoms with van der Waals surface area (Å²) in [6.07, 6.45) is 0. The molecule has 0 radical (unpaired) electrons. The Morgan fingerprint density at radius 1 is 1.41 bits per heavy atom. The van der Waals surface area contributed by atoms with Crippen molar-refractivity contribution >= 4 is 17.0 Å². The Morgan fingerprint density at radius 2 is 2.18 bits per heavy atom. The van der Waals surface area contributed by atoms with Crippen molar-refractivity contribution in [1.29, 1.82) is 0 Å². The fraction of sp³-hybridized carbons (Fsp3) is 0.100. The van der Waals surface area contributed by atoms with Gasteiger partial charge in [0.25, 0.3) is 16.8 Å². The van der Waals surface area contributed by atoms with E-state index in [1.807, 2.05) is 0 Å². The lowest BCUT2D eigenvalue weighted by molar-refractivity contribution is 0.570. The lowest BCUT2D eigenvalue weighted by Crippen LogP contribution is -2.13. The maximum atomic E-state index is 11.6. The molecule has 2 rings (SSSR count). The number of nitrogens with zero attached hydrogens (tertiary/aromatic N) is 1. The summed E-state index contributed by atoms with van der Waals surface area (Å²) < 4.78 is 23.0. The van der Waals surface area contributed by atoms with Crippen LogP contribution in [0.4, 0.5) is 5.69 Å². The molecule has 1 aromatic heterocycles. The first kappa shape index (κ1) is 11.6. The second-order valence-corrected chi connectivity index (χ2v) is 4.22. The molecule has 0 fully saturated rings. The molecule has 0 aliphatic carbocycles. The fourth-order valence-electron chi connectivity index (χ4n) is 1.51. The van der Waals surface area contributed by atoms with Crippen molar-refractivity contribution < 1.29 is 8.76 Å². The van der Waals surface area contributed by atoms with E-state index in [2.05, 4.69) is 9.82 Å². The summed E-state index contributed by atoms with van der Waals surface area (Å²) in [7, 11) is 0. The second-order valence-electron chi connectivity index (χ2n) is 3.51. The smallest absolute Gasteiger partial charge is 0.271 e. The number of anilines is 1. The topological polar surface area (TPSA) is 87.1 Å². The van der Waals surface area contributed by atoms with Crippen LogP contribution in [-0.4, -0.2) is 18.5 Å². The largest absolute Gasteiger partial charge is 0.295 e. The van der Waals surface area contributed by atoms with Crippen LogP contribution in [0.2, 0.25) is 0 Å². The van der Waals surface area contributed by atoms with E-state index in [9.17, 15) is 9.00 Å². The number of hydrogen-bond donors (Lipinski definition) is 3. The van der Waals surface area contributed by atoms with Gasteiger partial charge >= 0.3 is 0 Å². The minimum Gasteiger partial charge on any atom is -0.295 e. The normalized spacial score (nSPS) is 12.4. The van der Waals surface area contributed by atoms with E-state index in [1.165, 1.54) is 10.7 Å². The van der Waals surface area contributed by atoms with Crippen LogP contribution >= 0.6 is 0 Å². The van der Waals surface area contributed by atoms with Crippen molar-refractivity contribution in [3.05, 3.63) is 46.4 Å². The summed E-state index contributed by atoms with van der Waals surface area (Å²) in [5, 5.41) is 2.88. The van der Waals surface area contributed by atoms with Crippen LogP contribution in [0.5, 0.6) is 0 Å². The first-order valence-electron chi connectivity index (χ1n) is 4.83. The molecule has 1 unspecified atom stereocenters. The lowest BCUT2D eigenvalue weighted by atomic mass is 10.3. The number of H-pyrrole nitrogens is 1. The van der Waals surface area contributed by atoms with E-state index >= 15 is 0 Å². The van der Waals surface area contributed by atoms with Crippen LogP contribution in [-0.2, 0) is 11.3 Å². The summed E-state index contributed by atoms with van der Waals surface area (Å²) in [5.41, 5.74) is 1.63. The van der Waals surface area contributed by atoms with Gasteiger partial charge in [0.15, 0.2) is 0 Å². The van der Waals surface area contributed by atoms with Gasteiger partial charge < -0.3 is 0 Å². The van der Waals surface area contributed by atoms with Crippen LogP contribution in [0, 0.1) is 6.92 Å². The number of aromatic nitrogens is 2. The first-order chi connectivity index (χ1) is 8.06. The zero-order valence-electron chi connectivity index (χ0n) is 9.01. The number of aryl methyl sites for hydroxylation is 1. The van der Waals surface area contributed by atoms with Crippen LogP contribution in [0.25, 0.3) is 5.69 Å². The number of hydrogen-bond acceptors (Lipinski definition) is 2. The molecule has 0 saturated carbocycles. The zero-order chi connectivity index (χ0) is 12.4. The van der Waals surface area contributed by atoms with Gasteiger partial charge in [0.1, 0.15) is 0 Å². The average Bonchev–Trinajstić information content (AvgIpc) is 2.57. The first-order valence-corrected chi connectivity index (χ1v) is 5.93. The summed E-state index contributed by atoms with van der Waals surface area (Å²) in [6.45, 7) is 1.78. The highest BCUT2D eigenvalue weighted by Gasteiger charge is 2.04. The molecule has 3 N–H and O–H groups in total. The molecule has 2 aromatic rings. The van der Waals surface area contributed by atoms with Gasteiger partial charge in [-0.25, -0.2) is 8.89 Å². The number of nitrogens with one attached hydrogen (secondary N) is 2. The summed E-state index contributed by atoms with van der Waals surface area (Å²) in [5.74, 6) is 0. The van der Waals surface area contributed by atoms with Crippen molar-refractivity contribution in [2.24, 2.45) is 0 Å². The van der Waals surface area contributed by atoms with E-state index < -0.39 is 11.3 Å². The molecule has 6 nitrogen and oxygen atoms in total. The van der Waals surface area contributed by atoms with Crippen molar-refractivity contribution in [3.63, 3.8) is 0 Å². The second kappa shape index (κ2) is 4.56. The van der Waals surface area contributed by atoms with E-state index in [4.69, 9.17) is 4.55 Å². The van der Waals surface area contributed by atoms with Gasteiger partial charge in [-0.1, -0.05) is 6.07 Å². The molecule has 0 aliphatic rings. The minimum atomic E-state index is -2.13. The molecular weight excluding hydrogens is 242 g/mol. The van der Waals surface area contributed by atoms with E-state index in [0.29, 0.717) is 11.4 Å². The molecule has 90 valence electrons. The minimum absolute atomic E-state index is 0.176. The lowest BCUT2D eigenvalue weighted by Gasteiger charge is -2.05. The number of rotatable bonds is 3. The summed E-state index contributed by atoms with van der Waals surface area (Å²) in [6, 6.07) is 8.13. The molecule has 0 saturated heterocycles. The maximum Gasteiger partial charge on any atom is 0.271 e. The Labute approximate surface area is 99.7 Å². The maximum absolute atomic E-state index is 11.6. The Kier molecular flexibility index (Phi) is 3.12. The highest BCUT2D eigenvalue weighted by Crippen LogP contribution is 2.13. The van der Waals surface area contributed by atoms with Gasteiger partial charge in [0.2, 0.25) is 0 Å². The number of aromatic amines is 1. The quantitative estimate of drug-likeness (QED) is 0.714. The average molecular weight is 253 g/mol. The van der Waals surface area contributed by atoms with Crippen molar-refractivity contribution in [3.8, 4) is 5.69 Å². The Bertz CT molecular complexity index is 617. The van der Waals surface area contributed by atoms with Crippen molar-refractivity contribution in [1.82, 2.24) is 9.78 Å². The molecule has 0 bridgehead atoms. The standard InChI is InChI=1S/C10H11N3O3S/c1-7-5-10(14)13(11-7)9-4-2-3-8(6-9)12-17(15)16/h2-6,11-12H,1H3,(H,15,16). The predicted octanol–water partition coefficient (Wildman–Crippen LogP) is 1.02. The SMILES string of the molecule is Cc1cc(=O)n(-c2cccc(NS(=O)O)c2)[nH]1. The van der Waals surface area contributed by atoms with Crippen LogP contribution in [0.15, 0.2) is 35.1 Å². The van der Waals surface area contributed by atoms with Gasteiger partial charge in [-0.3, -0.25) is 19.2 Å². The third kappa shape index (κ3) is 2.63. The van der Waals surface area contributed by atoms with Crippen molar-refractivity contribution in [2.75, 3.05) is 4.72 Å². The van der Waals surface area contributed by atoms with Gasteiger partial charge in [-0.2, -0.15) is 0 Å². The zero-order valence-corrected chi connectivity index (χ0v) is 9.82. The molecule has 0 amide bonds. The van der Waals surface area contributed by atoms with Crippen LogP contribution in [0.1, 0.15) is 5.69 Å². The van der Waals surface area contributed by atoms with E-state index in [-0.39, 0.29) is 5.56 Å². The third-order valence-electron chi connectivity index (χ3n) is 2.16. The van der Waals surface area contributed by atoms with Crippen LogP contribution < -0.4 is 10.3 Å². The molecule has 0 aliphatic heterocycles. The van der Waals surface area contributed by atoms with Gasteiger partial charge in [0.05, 0.1) is 11.4 Å². The monoisotopic (exact) mass is 253 g/mol. The molecule has 0 spiro atoms. The molecule has 1 atom stereocenters. The molecule has 17 heavy (non-hydrogen) atoms. The van der Waals surface area contributed by atoms with E-state index in [0.717, 1.165) is 5.69 Å². The van der Waals surface area contributed by atoms with Gasteiger partial charge in [-0.05, 0) is 25.1 Å². The Morgan fingerprint density at radius 3 is 2.76 bits per heavy atom. The predicted molar refractivity (Wildman–Crippen MR) is 65.5 cm³/mol. The Hall–Kier alpha value is -1.86. The molecular formula is C10H11N3O3S. The van der Waals surface area contributed by atoms with Crippen molar-refractivity contribution in [2.45, 2.75) is 6.92 Å². The molecule has 1 heterocycles. The van der Waals surface area contributed by atoms with E-state index in [1.54, 1.807) is 31.2 Å². The third-order valence-corrected chi connectivity index (χ3v) is 2.57. The Balaban J connectivity index is 2.43. The fourth-order valence-corrected chi connectivity index (χ4v) is 1.84. The van der Waals surface area contributed by atoms with Crippen LogP contribution in [0.3, 0.4) is 0 Å². The molecule has 7 heteroatoms.